The number of fused-ring (bicyclic) bond motifs is 2. The highest BCUT2D eigenvalue weighted by Crippen LogP contribution is 2.32. The van der Waals surface area contributed by atoms with Crippen molar-refractivity contribution in [2.24, 2.45) is 7.05 Å². The Morgan fingerprint density at radius 2 is 2.06 bits per heavy atom. The van der Waals surface area contributed by atoms with Crippen molar-refractivity contribution in [3.63, 3.8) is 0 Å². The first-order valence-corrected chi connectivity index (χ1v) is 11.6. The Balaban J connectivity index is 1.25. The Hall–Kier alpha value is -3.43. The van der Waals surface area contributed by atoms with E-state index in [-0.39, 0.29) is 17.9 Å². The molecule has 0 radical (unpaired) electrons. The molecule has 3 aromatic rings. The van der Waals surface area contributed by atoms with Crippen LogP contribution in [0.4, 0.5) is 5.82 Å². The van der Waals surface area contributed by atoms with Gasteiger partial charge >= 0.3 is 0 Å². The Morgan fingerprint density at radius 3 is 2.79 bits per heavy atom. The van der Waals surface area contributed by atoms with Crippen molar-refractivity contribution in [1.82, 2.24) is 34.8 Å². The van der Waals surface area contributed by atoms with Crippen molar-refractivity contribution in [3.8, 4) is 0 Å². The summed E-state index contributed by atoms with van der Waals surface area (Å²) in [5.41, 5.74) is 3.42. The molecule has 10 nitrogen and oxygen atoms in total. The molecule has 1 fully saturated rings. The predicted molar refractivity (Wildman–Crippen MR) is 123 cm³/mol. The molecule has 1 saturated heterocycles. The number of rotatable bonds is 6. The predicted octanol–water partition coefficient (Wildman–Crippen LogP) is 0.784. The number of hydrogen-bond donors (Lipinski definition) is 2. The van der Waals surface area contributed by atoms with Crippen LogP contribution in [0.1, 0.15) is 43.1 Å². The van der Waals surface area contributed by atoms with Crippen LogP contribution in [0.3, 0.4) is 0 Å². The van der Waals surface area contributed by atoms with Gasteiger partial charge in [0.05, 0.1) is 5.69 Å². The van der Waals surface area contributed by atoms with Crippen LogP contribution in [0.2, 0.25) is 0 Å². The SMILES string of the molecule is CC(=O)N[C@@H](Cc1cccn1C)C(=O)NC1CCN(c2c3c(nc4ncnn24)CCC3)CC1. The van der Waals surface area contributed by atoms with E-state index in [0.717, 1.165) is 62.4 Å². The number of carbonyl (C=O) groups is 2. The quantitative estimate of drug-likeness (QED) is 0.575. The van der Waals surface area contributed by atoms with Gasteiger partial charge in [0.15, 0.2) is 0 Å². The number of aromatic nitrogens is 5. The summed E-state index contributed by atoms with van der Waals surface area (Å²) in [6.07, 6.45) is 8.73. The fourth-order valence-electron chi connectivity index (χ4n) is 5.04. The van der Waals surface area contributed by atoms with Gasteiger partial charge in [-0.1, -0.05) is 0 Å². The number of carbonyl (C=O) groups excluding carboxylic acids is 2. The molecule has 10 heteroatoms. The summed E-state index contributed by atoms with van der Waals surface area (Å²) in [5.74, 6) is 1.42. The number of aryl methyl sites for hydroxylation is 2. The molecule has 0 unspecified atom stereocenters. The summed E-state index contributed by atoms with van der Waals surface area (Å²) in [6.45, 7) is 3.08. The van der Waals surface area contributed by atoms with Crippen molar-refractivity contribution >= 4 is 23.4 Å². The highest BCUT2D eigenvalue weighted by atomic mass is 16.2. The van der Waals surface area contributed by atoms with Crippen LogP contribution in [-0.4, -0.2) is 61.1 Å². The fraction of sp³-hybridized carbons (Fsp3) is 0.522. The van der Waals surface area contributed by atoms with Gasteiger partial charge in [-0.05, 0) is 44.2 Å². The van der Waals surface area contributed by atoms with Crippen molar-refractivity contribution in [2.45, 2.75) is 57.5 Å². The maximum absolute atomic E-state index is 13.1. The molecule has 0 saturated carbocycles. The van der Waals surface area contributed by atoms with Gasteiger partial charge in [-0.3, -0.25) is 9.59 Å². The summed E-state index contributed by atoms with van der Waals surface area (Å²) in [6, 6.07) is 3.39. The normalized spacial score (nSPS) is 17.2. The largest absolute Gasteiger partial charge is 0.356 e. The van der Waals surface area contributed by atoms with Gasteiger partial charge in [0, 0.05) is 57.0 Å². The standard InChI is InChI=1S/C23H30N8O2/c1-15(32)26-20(13-17-5-4-10-29(17)2)21(33)27-16-8-11-30(12-9-16)22-18-6-3-7-19(18)28-23-24-14-25-31(22)23/h4-5,10,14,16,20H,3,6-9,11-13H2,1-2H3,(H,26,32)(H,27,33)/t20-/m0/s1. The summed E-state index contributed by atoms with van der Waals surface area (Å²) in [7, 11) is 1.94. The number of anilines is 1. The summed E-state index contributed by atoms with van der Waals surface area (Å²) in [4.78, 5) is 36.1. The molecule has 2 aliphatic rings. The van der Waals surface area contributed by atoms with Gasteiger partial charge in [-0.25, -0.2) is 4.98 Å². The lowest BCUT2D eigenvalue weighted by atomic mass is 10.0. The second-order valence-electron chi connectivity index (χ2n) is 9.02. The molecule has 4 heterocycles. The van der Waals surface area contributed by atoms with Gasteiger partial charge in [0.25, 0.3) is 5.78 Å². The maximum Gasteiger partial charge on any atom is 0.254 e. The van der Waals surface area contributed by atoms with Crippen LogP contribution in [0, 0.1) is 0 Å². The zero-order valence-corrected chi connectivity index (χ0v) is 19.1. The molecule has 1 aliphatic heterocycles. The Labute approximate surface area is 192 Å². The maximum atomic E-state index is 13.1. The zero-order chi connectivity index (χ0) is 22.9. The van der Waals surface area contributed by atoms with Crippen LogP contribution in [-0.2, 0) is 35.9 Å². The minimum atomic E-state index is -0.590. The lowest BCUT2D eigenvalue weighted by Crippen LogP contribution is -2.53. The molecule has 33 heavy (non-hydrogen) atoms. The van der Waals surface area contributed by atoms with E-state index in [4.69, 9.17) is 0 Å². The van der Waals surface area contributed by atoms with E-state index < -0.39 is 6.04 Å². The van der Waals surface area contributed by atoms with E-state index in [1.165, 1.54) is 12.5 Å². The third kappa shape index (κ3) is 4.29. The van der Waals surface area contributed by atoms with Crippen molar-refractivity contribution in [3.05, 3.63) is 41.6 Å². The van der Waals surface area contributed by atoms with E-state index in [0.29, 0.717) is 12.2 Å². The summed E-state index contributed by atoms with van der Waals surface area (Å²) in [5, 5.41) is 10.4. The molecule has 0 spiro atoms. The first-order chi connectivity index (χ1) is 16.0. The molecule has 0 bridgehead atoms. The topological polar surface area (TPSA) is 109 Å². The van der Waals surface area contributed by atoms with Crippen LogP contribution < -0.4 is 15.5 Å². The minimum absolute atomic E-state index is 0.0690. The molecule has 1 atom stereocenters. The van der Waals surface area contributed by atoms with Gasteiger partial charge < -0.3 is 20.1 Å². The second kappa shape index (κ2) is 8.84. The summed E-state index contributed by atoms with van der Waals surface area (Å²) >= 11 is 0. The van der Waals surface area contributed by atoms with Gasteiger partial charge in [-0.2, -0.15) is 14.6 Å². The number of amides is 2. The molecule has 5 rings (SSSR count). The van der Waals surface area contributed by atoms with E-state index in [9.17, 15) is 9.59 Å². The first kappa shape index (κ1) is 21.4. The molecule has 1 aliphatic carbocycles. The average Bonchev–Trinajstić information content (AvgIpc) is 3.53. The molecular formula is C23H30N8O2. The zero-order valence-electron chi connectivity index (χ0n) is 19.1. The molecule has 3 aromatic heterocycles. The van der Waals surface area contributed by atoms with Crippen LogP contribution in [0.15, 0.2) is 24.7 Å². The average molecular weight is 451 g/mol. The lowest BCUT2D eigenvalue weighted by molar-refractivity contribution is -0.128. The lowest BCUT2D eigenvalue weighted by Gasteiger charge is -2.35. The summed E-state index contributed by atoms with van der Waals surface area (Å²) < 4.78 is 3.83. The van der Waals surface area contributed by atoms with Gasteiger partial charge in [0.2, 0.25) is 11.8 Å². The number of hydrogen-bond acceptors (Lipinski definition) is 6. The Morgan fingerprint density at radius 1 is 1.24 bits per heavy atom. The van der Waals surface area contributed by atoms with E-state index >= 15 is 0 Å². The molecule has 2 N–H and O–H groups in total. The van der Waals surface area contributed by atoms with Crippen LogP contribution in [0.25, 0.3) is 5.78 Å². The molecule has 174 valence electrons. The van der Waals surface area contributed by atoms with E-state index in [1.54, 1.807) is 6.33 Å². The Kier molecular flexibility index (Phi) is 5.74. The van der Waals surface area contributed by atoms with E-state index in [2.05, 4.69) is 30.6 Å². The second-order valence-corrected chi connectivity index (χ2v) is 9.02. The van der Waals surface area contributed by atoms with Crippen molar-refractivity contribution in [1.29, 1.82) is 0 Å². The first-order valence-electron chi connectivity index (χ1n) is 11.6. The van der Waals surface area contributed by atoms with E-state index in [1.807, 2.05) is 34.5 Å². The van der Waals surface area contributed by atoms with Crippen LogP contribution >= 0.6 is 0 Å². The fourth-order valence-corrected chi connectivity index (χ4v) is 5.04. The van der Waals surface area contributed by atoms with Gasteiger partial charge in [-0.15, -0.1) is 0 Å². The third-order valence-corrected chi connectivity index (χ3v) is 6.72. The van der Waals surface area contributed by atoms with Crippen LogP contribution in [0.5, 0.6) is 0 Å². The molecular weight excluding hydrogens is 420 g/mol. The third-order valence-electron chi connectivity index (χ3n) is 6.72. The van der Waals surface area contributed by atoms with Crippen molar-refractivity contribution < 1.29 is 9.59 Å². The monoisotopic (exact) mass is 450 g/mol. The molecule has 2 amide bonds. The molecule has 0 aromatic carbocycles. The Bertz CT molecular complexity index is 1170. The number of nitrogens with zero attached hydrogens (tertiary/aromatic N) is 6. The smallest absolute Gasteiger partial charge is 0.254 e. The highest BCUT2D eigenvalue weighted by Gasteiger charge is 2.30. The number of nitrogens with one attached hydrogen (secondary N) is 2. The minimum Gasteiger partial charge on any atom is -0.356 e. The van der Waals surface area contributed by atoms with Crippen molar-refractivity contribution in [2.75, 3.05) is 18.0 Å². The van der Waals surface area contributed by atoms with Gasteiger partial charge in [0.1, 0.15) is 18.2 Å². The number of piperidine rings is 1. The highest BCUT2D eigenvalue weighted by molar-refractivity contribution is 5.87.